The summed E-state index contributed by atoms with van der Waals surface area (Å²) in [5, 5.41) is 2.81. The molecule has 0 atom stereocenters. The monoisotopic (exact) mass is 185 g/mol. The molecule has 1 N–H and O–H groups in total. The summed E-state index contributed by atoms with van der Waals surface area (Å²) in [5.74, 6) is 3.59. The van der Waals surface area contributed by atoms with Crippen LogP contribution in [0.2, 0.25) is 0 Å². The van der Waals surface area contributed by atoms with E-state index >= 15 is 0 Å². The molecule has 0 fully saturated rings. The third kappa shape index (κ3) is 7.49. The topological polar surface area (TPSA) is 29.1 Å². The predicted octanol–water partition coefficient (Wildman–Crippen LogP) is 1.27. The summed E-state index contributed by atoms with van der Waals surface area (Å²) in [6, 6.07) is 0. The van der Waals surface area contributed by atoms with Gasteiger partial charge in [-0.2, -0.15) is 11.8 Å². The van der Waals surface area contributed by atoms with Gasteiger partial charge in [0.05, 0.1) is 0 Å². The fraction of sp³-hybridized carbons (Fsp3) is 0.667. The summed E-state index contributed by atoms with van der Waals surface area (Å²) in [6.45, 7) is 0.760. The first kappa shape index (κ1) is 11.4. The zero-order valence-electron chi connectivity index (χ0n) is 7.43. The average molecular weight is 185 g/mol. The van der Waals surface area contributed by atoms with E-state index in [-0.39, 0.29) is 5.91 Å². The second kappa shape index (κ2) is 8.48. The van der Waals surface area contributed by atoms with Crippen molar-refractivity contribution in [2.24, 2.45) is 0 Å². The van der Waals surface area contributed by atoms with E-state index in [2.05, 4.69) is 11.2 Å². The van der Waals surface area contributed by atoms with Crippen LogP contribution in [0.4, 0.5) is 0 Å². The summed E-state index contributed by atoms with van der Waals surface area (Å²) >= 11 is 1.72. The molecule has 0 aliphatic heterocycles. The molecule has 0 saturated heterocycles. The lowest BCUT2D eigenvalue weighted by atomic mass is 10.2. The molecule has 0 radical (unpaired) electrons. The first-order chi connectivity index (χ1) is 5.81. The van der Waals surface area contributed by atoms with Gasteiger partial charge in [-0.1, -0.05) is 0 Å². The van der Waals surface area contributed by atoms with Crippen molar-refractivity contribution in [1.82, 2.24) is 5.32 Å². The maximum Gasteiger partial charge on any atom is 0.220 e. The molecule has 0 unspecified atom stereocenters. The van der Waals surface area contributed by atoms with Crippen LogP contribution in [0, 0.1) is 12.3 Å². The lowest BCUT2D eigenvalue weighted by Crippen LogP contribution is -2.25. The van der Waals surface area contributed by atoms with Crippen molar-refractivity contribution in [2.75, 3.05) is 18.6 Å². The van der Waals surface area contributed by atoms with Crippen LogP contribution >= 0.6 is 11.8 Å². The Bertz CT molecular complexity index is 162. The minimum atomic E-state index is 0.110. The number of unbranched alkanes of at least 4 members (excludes halogenated alkanes) is 1. The van der Waals surface area contributed by atoms with Gasteiger partial charge < -0.3 is 5.32 Å². The second-order valence-corrected chi connectivity index (χ2v) is 3.39. The number of carbonyl (C=O) groups is 1. The van der Waals surface area contributed by atoms with Gasteiger partial charge in [0, 0.05) is 25.1 Å². The molecule has 0 rings (SSSR count). The lowest BCUT2D eigenvalue weighted by molar-refractivity contribution is -0.121. The molecule has 0 spiro atoms. The Morgan fingerprint density at radius 2 is 2.42 bits per heavy atom. The Hall–Kier alpha value is -0.620. The van der Waals surface area contributed by atoms with Gasteiger partial charge in [-0.25, -0.2) is 0 Å². The number of hydrogen-bond donors (Lipinski definition) is 1. The molecule has 0 aliphatic rings. The molecule has 0 aliphatic carbocycles. The second-order valence-electron chi connectivity index (χ2n) is 2.40. The summed E-state index contributed by atoms with van der Waals surface area (Å²) in [6.07, 6.45) is 9.11. The van der Waals surface area contributed by atoms with E-state index in [0.29, 0.717) is 12.8 Å². The SMILES string of the molecule is C#CCCCC(=O)NCCSC. The lowest BCUT2D eigenvalue weighted by Gasteiger charge is -2.01. The van der Waals surface area contributed by atoms with E-state index in [4.69, 9.17) is 6.42 Å². The van der Waals surface area contributed by atoms with Crippen LogP contribution in [-0.4, -0.2) is 24.5 Å². The average Bonchev–Trinajstić information content (AvgIpc) is 2.06. The van der Waals surface area contributed by atoms with Gasteiger partial charge in [0.15, 0.2) is 0 Å². The number of amides is 1. The van der Waals surface area contributed by atoms with E-state index in [1.54, 1.807) is 11.8 Å². The Morgan fingerprint density at radius 3 is 3.00 bits per heavy atom. The largest absolute Gasteiger partial charge is 0.355 e. The van der Waals surface area contributed by atoms with Crippen molar-refractivity contribution in [3.8, 4) is 12.3 Å². The highest BCUT2D eigenvalue weighted by molar-refractivity contribution is 7.98. The molecule has 0 bridgehead atoms. The van der Waals surface area contributed by atoms with Crippen LogP contribution < -0.4 is 5.32 Å². The molecule has 2 nitrogen and oxygen atoms in total. The number of hydrogen-bond acceptors (Lipinski definition) is 2. The quantitative estimate of drug-likeness (QED) is 0.499. The summed E-state index contributed by atoms with van der Waals surface area (Å²) in [5.41, 5.74) is 0. The highest BCUT2D eigenvalue weighted by Crippen LogP contribution is 1.93. The summed E-state index contributed by atoms with van der Waals surface area (Å²) in [4.78, 5) is 11.0. The van der Waals surface area contributed by atoms with Gasteiger partial charge in [-0.15, -0.1) is 12.3 Å². The fourth-order valence-corrected chi connectivity index (χ4v) is 1.04. The first-order valence-electron chi connectivity index (χ1n) is 4.00. The third-order valence-corrected chi connectivity index (χ3v) is 1.97. The molecule has 0 heterocycles. The number of rotatable bonds is 6. The number of carbonyl (C=O) groups excluding carboxylic acids is 1. The fourth-order valence-electron chi connectivity index (χ4n) is 0.732. The molecule has 0 aromatic carbocycles. The Morgan fingerprint density at radius 1 is 1.67 bits per heavy atom. The minimum Gasteiger partial charge on any atom is -0.355 e. The van der Waals surface area contributed by atoms with Gasteiger partial charge in [0.2, 0.25) is 5.91 Å². The third-order valence-electron chi connectivity index (χ3n) is 1.35. The molecule has 0 saturated carbocycles. The van der Waals surface area contributed by atoms with Crippen LogP contribution in [0.1, 0.15) is 19.3 Å². The molecular weight excluding hydrogens is 170 g/mol. The van der Waals surface area contributed by atoms with Crippen molar-refractivity contribution in [2.45, 2.75) is 19.3 Å². The van der Waals surface area contributed by atoms with Crippen molar-refractivity contribution in [1.29, 1.82) is 0 Å². The van der Waals surface area contributed by atoms with Crippen LogP contribution in [0.3, 0.4) is 0 Å². The van der Waals surface area contributed by atoms with Crippen molar-refractivity contribution < 1.29 is 4.79 Å². The van der Waals surface area contributed by atoms with Crippen LogP contribution in [-0.2, 0) is 4.79 Å². The maximum absolute atomic E-state index is 11.0. The molecule has 68 valence electrons. The molecular formula is C9H15NOS. The Kier molecular flexibility index (Phi) is 8.04. The smallest absolute Gasteiger partial charge is 0.220 e. The van der Waals surface area contributed by atoms with Gasteiger partial charge in [0.25, 0.3) is 0 Å². The number of terminal acetylenes is 1. The zero-order valence-corrected chi connectivity index (χ0v) is 8.25. The van der Waals surface area contributed by atoms with Crippen molar-refractivity contribution in [3.05, 3.63) is 0 Å². The standard InChI is InChI=1S/C9H15NOS/c1-3-4-5-6-9(11)10-7-8-12-2/h1H,4-8H2,2H3,(H,10,11). The van der Waals surface area contributed by atoms with E-state index < -0.39 is 0 Å². The van der Waals surface area contributed by atoms with Gasteiger partial charge >= 0.3 is 0 Å². The normalized spacial score (nSPS) is 9.00. The Labute approximate surface area is 78.5 Å². The molecule has 3 heteroatoms. The molecule has 0 aromatic rings. The number of thioether (sulfide) groups is 1. The first-order valence-corrected chi connectivity index (χ1v) is 5.39. The van der Waals surface area contributed by atoms with Gasteiger partial charge in [-0.05, 0) is 12.7 Å². The number of nitrogens with one attached hydrogen (secondary N) is 1. The highest BCUT2D eigenvalue weighted by Gasteiger charge is 1.97. The highest BCUT2D eigenvalue weighted by atomic mass is 32.2. The van der Waals surface area contributed by atoms with Gasteiger partial charge in [-0.3, -0.25) is 4.79 Å². The molecule has 1 amide bonds. The molecule has 0 aromatic heterocycles. The van der Waals surface area contributed by atoms with E-state index in [0.717, 1.165) is 18.7 Å². The predicted molar refractivity (Wildman–Crippen MR) is 54.1 cm³/mol. The minimum absolute atomic E-state index is 0.110. The van der Waals surface area contributed by atoms with E-state index in [1.807, 2.05) is 6.26 Å². The van der Waals surface area contributed by atoms with Crippen molar-refractivity contribution >= 4 is 17.7 Å². The van der Waals surface area contributed by atoms with Crippen molar-refractivity contribution in [3.63, 3.8) is 0 Å². The summed E-state index contributed by atoms with van der Waals surface area (Å²) < 4.78 is 0. The zero-order chi connectivity index (χ0) is 9.23. The van der Waals surface area contributed by atoms with E-state index in [1.165, 1.54) is 0 Å². The maximum atomic E-state index is 11.0. The van der Waals surface area contributed by atoms with Crippen LogP contribution in [0.15, 0.2) is 0 Å². The van der Waals surface area contributed by atoms with E-state index in [9.17, 15) is 4.79 Å². The van der Waals surface area contributed by atoms with Crippen LogP contribution in [0.5, 0.6) is 0 Å². The molecule has 12 heavy (non-hydrogen) atoms. The summed E-state index contributed by atoms with van der Waals surface area (Å²) in [7, 11) is 0. The Balaban J connectivity index is 3.17. The van der Waals surface area contributed by atoms with Crippen LogP contribution in [0.25, 0.3) is 0 Å². The van der Waals surface area contributed by atoms with Gasteiger partial charge in [0.1, 0.15) is 0 Å².